The van der Waals surface area contributed by atoms with E-state index in [9.17, 15) is 0 Å². The molecular weight excluding hydrogens is 239 g/mol. The number of halogens is 1. The molecule has 1 atom stereocenters. The molecule has 1 unspecified atom stereocenters. The van der Waals surface area contributed by atoms with Crippen LogP contribution in [0.1, 0.15) is 5.56 Å². The highest BCUT2D eigenvalue weighted by Gasteiger charge is 1.91. The maximum atomic E-state index is 5.36. The minimum atomic E-state index is 0. The average Bonchev–Trinajstić information content (AvgIpc) is 2.34. The molecule has 0 aromatic heterocycles. The third kappa shape index (κ3) is 7.84. The zero-order valence-corrected chi connectivity index (χ0v) is 11.6. The minimum Gasteiger partial charge on any atom is -0.314 e. The molecule has 1 aliphatic heterocycles. The van der Waals surface area contributed by atoms with Gasteiger partial charge in [-0.15, -0.1) is 0 Å². The summed E-state index contributed by atoms with van der Waals surface area (Å²) < 4.78 is 0. The van der Waals surface area contributed by atoms with Crippen LogP contribution < -0.4 is 10.6 Å². The Morgan fingerprint density at radius 1 is 0.938 bits per heavy atom. The summed E-state index contributed by atoms with van der Waals surface area (Å²) in [5.41, 5.74) is 2.64. The van der Waals surface area contributed by atoms with Gasteiger partial charge in [0.1, 0.15) is 0 Å². The van der Waals surface area contributed by atoms with Gasteiger partial charge in [0.05, 0.1) is 0 Å². The summed E-state index contributed by atoms with van der Waals surface area (Å²) in [6, 6.07) is 9.93. The molecule has 2 nitrogen and oxygen atoms in total. The lowest BCUT2D eigenvalue weighted by molar-refractivity contribution is 0.534. The molecule has 90 valence electrons. The van der Waals surface area contributed by atoms with Gasteiger partial charge < -0.3 is 10.6 Å². The maximum absolute atomic E-state index is 5.36. The fourth-order valence-corrected chi connectivity index (χ4v) is 1.39. The average molecular weight is 259 g/mol. The molecular formula is C12H20ClN2P. The number of hydrogen-bond donors (Lipinski definition) is 2. The fraction of sp³-hybridized carbons (Fsp3) is 0.333. The maximum Gasteiger partial charge on any atom is 0.00772 e. The van der Waals surface area contributed by atoms with Gasteiger partial charge in [0.25, 0.3) is 0 Å². The molecule has 0 aliphatic carbocycles. The van der Waals surface area contributed by atoms with E-state index in [0.717, 1.165) is 31.7 Å². The first-order chi connectivity index (χ1) is 7.43. The second kappa shape index (κ2) is 11.1. The molecule has 1 heterocycles. The molecule has 16 heavy (non-hydrogen) atoms. The van der Waals surface area contributed by atoms with Gasteiger partial charge in [0.2, 0.25) is 0 Å². The second-order valence-corrected chi connectivity index (χ2v) is 3.46. The molecule has 4 heteroatoms. The molecule has 2 rings (SSSR count). The van der Waals surface area contributed by atoms with E-state index in [0.29, 0.717) is 0 Å². The Morgan fingerprint density at radius 3 is 1.81 bits per heavy atom. The number of nitrogens with one attached hydrogen (secondary N) is 2. The summed E-state index contributed by atoms with van der Waals surface area (Å²) in [5.74, 6) is 0. The van der Waals surface area contributed by atoms with E-state index in [1.165, 1.54) is 5.54 Å². The van der Waals surface area contributed by atoms with Crippen molar-refractivity contribution in [3.05, 3.63) is 41.4 Å². The zero-order chi connectivity index (χ0) is 10.8. The first kappa shape index (κ1) is 15.6. The van der Waals surface area contributed by atoms with Crippen LogP contribution in [0.2, 0.25) is 0 Å². The Morgan fingerprint density at radius 2 is 1.44 bits per heavy atom. The van der Waals surface area contributed by atoms with Gasteiger partial charge >= 0.3 is 0 Å². The topological polar surface area (TPSA) is 24.1 Å². The standard InChI is InChI=1S/C8H7Cl.C4H10N2.H3P/c9-7-6-8-4-2-1-3-5-8;1-2-6-4-3-5-1;/h1-7H;5-6H,1-4H2;1H3. The number of piperazine rings is 1. The summed E-state index contributed by atoms with van der Waals surface area (Å²) in [6.45, 7) is 4.56. The highest BCUT2D eigenvalue weighted by Crippen LogP contribution is 2.00. The van der Waals surface area contributed by atoms with Gasteiger partial charge in [0.15, 0.2) is 0 Å². The molecule has 1 saturated heterocycles. The first-order valence-corrected chi connectivity index (χ1v) is 5.60. The molecule has 0 bridgehead atoms. The lowest BCUT2D eigenvalue weighted by Crippen LogP contribution is -2.39. The Bertz CT molecular complexity index is 262. The monoisotopic (exact) mass is 258 g/mol. The van der Waals surface area contributed by atoms with E-state index in [1.54, 1.807) is 0 Å². The molecule has 1 aromatic rings. The van der Waals surface area contributed by atoms with Crippen LogP contribution in [0.3, 0.4) is 0 Å². The Balaban J connectivity index is 0.000000283. The van der Waals surface area contributed by atoms with Crippen LogP contribution >= 0.6 is 21.5 Å². The quantitative estimate of drug-likeness (QED) is 0.754. The Hall–Kier alpha value is -0.400. The van der Waals surface area contributed by atoms with Gasteiger partial charge in [-0.25, -0.2) is 0 Å². The SMILES string of the molecule is C1CNCCN1.ClC=Cc1ccccc1.P. The van der Waals surface area contributed by atoms with Crippen molar-refractivity contribution in [1.82, 2.24) is 10.6 Å². The zero-order valence-electron chi connectivity index (χ0n) is 9.45. The Kier molecular flexibility index (Phi) is 10.8. The van der Waals surface area contributed by atoms with Crippen molar-refractivity contribution in [2.45, 2.75) is 0 Å². The first-order valence-electron chi connectivity index (χ1n) is 5.17. The third-order valence-corrected chi connectivity index (χ3v) is 2.14. The number of rotatable bonds is 1. The van der Waals surface area contributed by atoms with Crippen LogP contribution in [0, 0.1) is 0 Å². The van der Waals surface area contributed by atoms with Crippen molar-refractivity contribution in [2.24, 2.45) is 0 Å². The molecule has 1 aliphatic rings. The summed E-state index contributed by atoms with van der Waals surface area (Å²) in [7, 11) is 0. The van der Waals surface area contributed by atoms with Crippen LogP contribution in [0.5, 0.6) is 0 Å². The highest BCUT2D eigenvalue weighted by atomic mass is 35.5. The summed E-state index contributed by atoms with van der Waals surface area (Å²) in [4.78, 5) is 0. The molecule has 0 amide bonds. The fourth-order valence-electron chi connectivity index (χ4n) is 1.24. The van der Waals surface area contributed by atoms with E-state index in [1.807, 2.05) is 36.4 Å². The molecule has 2 N–H and O–H groups in total. The molecule has 0 saturated carbocycles. The Labute approximate surface area is 106 Å². The lowest BCUT2D eigenvalue weighted by atomic mass is 10.2. The lowest BCUT2D eigenvalue weighted by Gasteiger charge is -2.11. The van der Waals surface area contributed by atoms with Crippen molar-refractivity contribution in [3.8, 4) is 0 Å². The van der Waals surface area contributed by atoms with E-state index in [4.69, 9.17) is 11.6 Å². The minimum absolute atomic E-state index is 0. The van der Waals surface area contributed by atoms with E-state index < -0.39 is 0 Å². The van der Waals surface area contributed by atoms with E-state index >= 15 is 0 Å². The van der Waals surface area contributed by atoms with Gasteiger partial charge in [-0.05, 0) is 11.6 Å². The second-order valence-electron chi connectivity index (χ2n) is 3.20. The van der Waals surface area contributed by atoms with Gasteiger partial charge in [-0.1, -0.05) is 41.9 Å². The largest absolute Gasteiger partial charge is 0.314 e. The van der Waals surface area contributed by atoms with Crippen LogP contribution in [0.15, 0.2) is 35.9 Å². The molecule has 0 radical (unpaired) electrons. The van der Waals surface area contributed by atoms with Gasteiger partial charge in [-0.3, -0.25) is 0 Å². The normalized spacial score (nSPS) is 14.8. The van der Waals surface area contributed by atoms with E-state index in [-0.39, 0.29) is 9.90 Å². The van der Waals surface area contributed by atoms with Gasteiger partial charge in [-0.2, -0.15) is 9.90 Å². The summed E-state index contributed by atoms with van der Waals surface area (Å²) in [5, 5.41) is 6.44. The van der Waals surface area contributed by atoms with E-state index in [2.05, 4.69) is 10.6 Å². The van der Waals surface area contributed by atoms with Crippen molar-refractivity contribution < 1.29 is 0 Å². The summed E-state index contributed by atoms with van der Waals surface area (Å²) in [6.07, 6.45) is 1.85. The highest BCUT2D eigenvalue weighted by molar-refractivity contribution is 6.92. The molecule has 1 fully saturated rings. The molecule has 0 spiro atoms. The van der Waals surface area contributed by atoms with Crippen LogP contribution in [0.25, 0.3) is 6.08 Å². The third-order valence-electron chi connectivity index (χ3n) is 2.01. The van der Waals surface area contributed by atoms with Gasteiger partial charge in [0, 0.05) is 31.7 Å². The van der Waals surface area contributed by atoms with Crippen molar-refractivity contribution in [2.75, 3.05) is 26.2 Å². The smallest absolute Gasteiger partial charge is 0.00772 e. The van der Waals surface area contributed by atoms with Crippen molar-refractivity contribution >= 4 is 27.6 Å². The number of benzene rings is 1. The summed E-state index contributed by atoms with van der Waals surface area (Å²) >= 11 is 5.36. The predicted molar refractivity (Wildman–Crippen MR) is 78.2 cm³/mol. The predicted octanol–water partition coefficient (Wildman–Crippen LogP) is 2.13. The van der Waals surface area contributed by atoms with Crippen LogP contribution in [-0.2, 0) is 0 Å². The number of hydrogen-bond acceptors (Lipinski definition) is 2. The van der Waals surface area contributed by atoms with Crippen LogP contribution in [0.4, 0.5) is 0 Å². The van der Waals surface area contributed by atoms with Crippen molar-refractivity contribution in [3.63, 3.8) is 0 Å². The van der Waals surface area contributed by atoms with Crippen LogP contribution in [-0.4, -0.2) is 26.2 Å². The van der Waals surface area contributed by atoms with Crippen molar-refractivity contribution in [1.29, 1.82) is 0 Å². The molecule has 1 aromatic carbocycles.